The molecule has 182 valence electrons. The maximum absolute atomic E-state index is 13.6. The summed E-state index contributed by atoms with van der Waals surface area (Å²) in [6.07, 6.45) is 6.19. The number of halogens is 2. The number of nitrogens with zero attached hydrogens (tertiary/aromatic N) is 4. The number of rotatable bonds is 7. The van der Waals surface area contributed by atoms with Crippen molar-refractivity contribution in [3.63, 3.8) is 0 Å². The van der Waals surface area contributed by atoms with Gasteiger partial charge in [-0.1, -0.05) is 0 Å². The largest absolute Gasteiger partial charge is 0.444 e. The van der Waals surface area contributed by atoms with Crippen molar-refractivity contribution in [3.05, 3.63) is 61.1 Å². The van der Waals surface area contributed by atoms with Crippen molar-refractivity contribution in [1.82, 2.24) is 20.3 Å². The zero-order chi connectivity index (χ0) is 24.4. The van der Waals surface area contributed by atoms with E-state index < -0.39 is 35.9 Å². The molecule has 1 saturated heterocycles. The van der Waals surface area contributed by atoms with Crippen molar-refractivity contribution < 1.29 is 27.5 Å². The van der Waals surface area contributed by atoms with Crippen molar-refractivity contribution >= 4 is 17.5 Å². The first-order chi connectivity index (χ1) is 16.9. The van der Waals surface area contributed by atoms with E-state index in [2.05, 4.69) is 20.3 Å². The maximum atomic E-state index is 13.6. The Balaban J connectivity index is 1.47. The minimum absolute atomic E-state index is 0.155. The lowest BCUT2D eigenvalue weighted by Gasteiger charge is -2.34. The van der Waals surface area contributed by atoms with E-state index in [0.717, 1.165) is 5.56 Å². The van der Waals surface area contributed by atoms with Gasteiger partial charge in [0.2, 0.25) is 11.8 Å². The molecule has 2 atom stereocenters. The second-order valence-electron chi connectivity index (χ2n) is 8.66. The van der Waals surface area contributed by atoms with E-state index in [1.54, 1.807) is 30.5 Å². The van der Waals surface area contributed by atoms with Gasteiger partial charge in [0.15, 0.2) is 18.3 Å². The zero-order valence-corrected chi connectivity index (χ0v) is 18.6. The van der Waals surface area contributed by atoms with Crippen LogP contribution in [-0.4, -0.2) is 51.4 Å². The summed E-state index contributed by atoms with van der Waals surface area (Å²) in [6, 6.07) is 5.36. The SMILES string of the molecule is O=C(NC1CCC(F)(F)CC1)[C@H](c1cncnc1)N(C(=O)[C@H]1CO1)c1ccc(-c2cnco2)cc1. The molecule has 5 rings (SSSR count). The summed E-state index contributed by atoms with van der Waals surface area (Å²) < 4.78 is 37.8. The summed E-state index contributed by atoms with van der Waals surface area (Å²) in [5.41, 5.74) is 1.58. The van der Waals surface area contributed by atoms with Crippen LogP contribution in [0, 0.1) is 0 Å². The van der Waals surface area contributed by atoms with Crippen LogP contribution in [0.15, 0.2) is 60.0 Å². The number of nitrogens with one attached hydrogen (secondary N) is 1. The van der Waals surface area contributed by atoms with E-state index in [0.29, 0.717) is 17.0 Å². The summed E-state index contributed by atoms with van der Waals surface area (Å²) in [7, 11) is 0. The first kappa shape index (κ1) is 23.0. The molecule has 1 aromatic carbocycles. The molecule has 1 N–H and O–H groups in total. The Bertz CT molecular complexity index is 1160. The first-order valence-corrected chi connectivity index (χ1v) is 11.3. The molecule has 2 amide bonds. The summed E-state index contributed by atoms with van der Waals surface area (Å²) in [6.45, 7) is 0.253. The Kier molecular flexibility index (Phi) is 6.25. The highest BCUT2D eigenvalue weighted by Gasteiger charge is 2.43. The van der Waals surface area contributed by atoms with Crippen molar-refractivity contribution in [2.45, 2.75) is 49.8 Å². The lowest BCUT2D eigenvalue weighted by atomic mass is 9.92. The lowest BCUT2D eigenvalue weighted by Crippen LogP contribution is -2.49. The lowest BCUT2D eigenvalue weighted by molar-refractivity contribution is -0.128. The molecule has 0 bridgehead atoms. The number of aromatic nitrogens is 3. The number of hydrogen-bond donors (Lipinski definition) is 1. The number of ether oxygens (including phenoxy) is 1. The molecule has 9 nitrogen and oxygen atoms in total. The van der Waals surface area contributed by atoms with Crippen molar-refractivity contribution in [1.29, 1.82) is 0 Å². The minimum atomic E-state index is -2.72. The third-order valence-corrected chi connectivity index (χ3v) is 6.17. The van der Waals surface area contributed by atoms with Crippen LogP contribution in [0.3, 0.4) is 0 Å². The van der Waals surface area contributed by atoms with E-state index in [4.69, 9.17) is 9.15 Å². The molecule has 0 radical (unpaired) electrons. The Morgan fingerprint density at radius 2 is 1.74 bits per heavy atom. The van der Waals surface area contributed by atoms with Crippen LogP contribution in [0.25, 0.3) is 11.3 Å². The van der Waals surface area contributed by atoms with Crippen LogP contribution in [0.2, 0.25) is 0 Å². The van der Waals surface area contributed by atoms with Crippen molar-refractivity contribution in [2.24, 2.45) is 0 Å². The third-order valence-electron chi connectivity index (χ3n) is 6.17. The molecule has 2 aromatic heterocycles. The predicted molar refractivity (Wildman–Crippen MR) is 119 cm³/mol. The van der Waals surface area contributed by atoms with Gasteiger partial charge in [-0.25, -0.2) is 23.7 Å². The quantitative estimate of drug-likeness (QED) is 0.513. The van der Waals surface area contributed by atoms with Crippen molar-refractivity contribution in [2.75, 3.05) is 11.5 Å². The molecular formula is C24H23F2N5O4. The average Bonchev–Trinajstić information content (AvgIpc) is 3.58. The van der Waals surface area contributed by atoms with Gasteiger partial charge < -0.3 is 14.5 Å². The Morgan fingerprint density at radius 3 is 2.34 bits per heavy atom. The normalized spacial score (nSPS) is 20.1. The van der Waals surface area contributed by atoms with E-state index in [1.165, 1.54) is 30.0 Å². The van der Waals surface area contributed by atoms with Crippen LogP contribution in [0.1, 0.15) is 37.3 Å². The van der Waals surface area contributed by atoms with Crippen LogP contribution in [0.4, 0.5) is 14.5 Å². The van der Waals surface area contributed by atoms with Gasteiger partial charge in [-0.2, -0.15) is 0 Å². The highest BCUT2D eigenvalue weighted by molar-refractivity contribution is 6.04. The van der Waals surface area contributed by atoms with Gasteiger partial charge in [-0.05, 0) is 37.1 Å². The van der Waals surface area contributed by atoms with E-state index in [9.17, 15) is 18.4 Å². The van der Waals surface area contributed by atoms with E-state index >= 15 is 0 Å². The van der Waals surface area contributed by atoms with Gasteiger partial charge in [-0.15, -0.1) is 0 Å². The summed E-state index contributed by atoms with van der Waals surface area (Å²) in [5.74, 6) is -3.05. The number of carbonyl (C=O) groups is 2. The second-order valence-corrected chi connectivity index (χ2v) is 8.66. The predicted octanol–water partition coefficient (Wildman–Crippen LogP) is 3.30. The molecule has 1 aliphatic carbocycles. The molecule has 3 heterocycles. The topological polar surface area (TPSA) is 114 Å². The molecule has 35 heavy (non-hydrogen) atoms. The van der Waals surface area contributed by atoms with Gasteiger partial charge in [0, 0.05) is 48.1 Å². The van der Waals surface area contributed by atoms with Gasteiger partial charge in [0.05, 0.1) is 12.8 Å². The molecular weight excluding hydrogens is 460 g/mol. The van der Waals surface area contributed by atoms with Gasteiger partial charge in [0.1, 0.15) is 12.4 Å². The number of amides is 2. The number of hydrogen-bond acceptors (Lipinski definition) is 7. The van der Waals surface area contributed by atoms with Crippen LogP contribution in [-0.2, 0) is 14.3 Å². The van der Waals surface area contributed by atoms with Crippen molar-refractivity contribution in [3.8, 4) is 11.3 Å². The second kappa shape index (κ2) is 9.49. The van der Waals surface area contributed by atoms with Gasteiger partial charge in [-0.3, -0.25) is 14.5 Å². The molecule has 3 aromatic rings. The number of anilines is 1. The number of carbonyl (C=O) groups excluding carboxylic acids is 2. The minimum Gasteiger partial charge on any atom is -0.444 e. The van der Waals surface area contributed by atoms with E-state index in [1.807, 2.05) is 0 Å². The fraction of sp³-hybridized carbons (Fsp3) is 0.375. The summed E-state index contributed by atoms with van der Waals surface area (Å²) in [4.78, 5) is 40.2. The highest BCUT2D eigenvalue weighted by Crippen LogP contribution is 2.35. The standard InChI is InChI=1S/C24H23F2N5O4/c25-24(26)7-5-17(6-8-24)30-22(32)21(16-9-27-13-28-10-16)31(23(33)20-12-34-20)18-3-1-15(2-4-18)19-11-29-14-35-19/h1-4,9-11,13-14,17,20-21H,5-8,12H2,(H,30,32)/t20-,21+/m1/s1. The molecule has 2 aliphatic rings. The van der Waals surface area contributed by atoms with Gasteiger partial charge >= 0.3 is 0 Å². The van der Waals surface area contributed by atoms with Crippen LogP contribution in [0.5, 0.6) is 0 Å². The Hall–Kier alpha value is -3.73. The van der Waals surface area contributed by atoms with Crippen LogP contribution >= 0.6 is 0 Å². The number of oxazole rings is 1. The summed E-state index contributed by atoms with van der Waals surface area (Å²) in [5, 5.41) is 2.87. The molecule has 2 fully saturated rings. The van der Waals surface area contributed by atoms with E-state index in [-0.39, 0.29) is 32.3 Å². The molecule has 0 unspecified atom stereocenters. The molecule has 0 spiro atoms. The summed E-state index contributed by atoms with van der Waals surface area (Å²) >= 11 is 0. The Labute approximate surface area is 199 Å². The fourth-order valence-electron chi connectivity index (χ4n) is 4.23. The third kappa shape index (κ3) is 5.19. The number of epoxide rings is 1. The number of benzene rings is 1. The fourth-order valence-corrected chi connectivity index (χ4v) is 4.23. The highest BCUT2D eigenvalue weighted by atomic mass is 19.3. The van der Waals surface area contributed by atoms with Crippen LogP contribution < -0.4 is 10.2 Å². The average molecular weight is 483 g/mol. The molecule has 1 aliphatic heterocycles. The first-order valence-electron chi connectivity index (χ1n) is 11.3. The smallest absolute Gasteiger partial charge is 0.259 e. The Morgan fingerprint density at radius 1 is 1.06 bits per heavy atom. The monoisotopic (exact) mass is 483 g/mol. The molecule has 1 saturated carbocycles. The zero-order valence-electron chi connectivity index (χ0n) is 18.6. The maximum Gasteiger partial charge on any atom is 0.259 e. The molecule has 11 heteroatoms. The van der Waals surface area contributed by atoms with Gasteiger partial charge in [0.25, 0.3) is 5.91 Å². The number of alkyl halides is 2.